The molecular formula is C32H25N7O2. The maximum atomic E-state index is 12.7. The summed E-state index contributed by atoms with van der Waals surface area (Å²) in [6.45, 7) is 0. The molecule has 0 spiro atoms. The molecule has 4 aromatic carbocycles. The van der Waals surface area contributed by atoms with E-state index in [0.717, 1.165) is 22.7 Å². The Kier molecular flexibility index (Phi) is 7.05. The number of hydrogen-bond acceptors (Lipinski definition) is 5. The molecule has 6 rings (SSSR count). The van der Waals surface area contributed by atoms with Crippen molar-refractivity contribution in [2.45, 2.75) is 0 Å². The summed E-state index contributed by atoms with van der Waals surface area (Å²) < 4.78 is 3.47. The molecule has 200 valence electrons. The third-order valence-corrected chi connectivity index (χ3v) is 6.37. The Balaban J connectivity index is 1.02. The number of benzene rings is 4. The molecule has 2 aromatic heterocycles. The van der Waals surface area contributed by atoms with Crippen LogP contribution in [0.5, 0.6) is 0 Å². The van der Waals surface area contributed by atoms with Crippen LogP contribution in [0.25, 0.3) is 11.4 Å². The Morgan fingerprint density at radius 1 is 0.488 bits per heavy atom. The highest BCUT2D eigenvalue weighted by molar-refractivity contribution is 6.05. The van der Waals surface area contributed by atoms with Crippen LogP contribution in [0.2, 0.25) is 0 Å². The topological polar surface area (TPSA) is 106 Å². The maximum Gasteiger partial charge on any atom is 0.255 e. The molecule has 0 aliphatic heterocycles. The highest BCUT2D eigenvalue weighted by Crippen LogP contribution is 2.22. The molecule has 9 nitrogen and oxygen atoms in total. The highest BCUT2D eigenvalue weighted by atomic mass is 16.2. The summed E-state index contributed by atoms with van der Waals surface area (Å²) in [6.07, 6.45) is 7.11. The molecule has 0 atom stereocenters. The molecule has 0 fully saturated rings. The average molecular weight is 540 g/mol. The number of amides is 2. The summed E-state index contributed by atoms with van der Waals surface area (Å²) in [5, 5.41) is 17.6. The molecule has 0 aliphatic carbocycles. The van der Waals surface area contributed by atoms with Crippen molar-refractivity contribution >= 4 is 34.6 Å². The van der Waals surface area contributed by atoms with E-state index in [1.54, 1.807) is 46.0 Å². The van der Waals surface area contributed by atoms with Gasteiger partial charge in [-0.1, -0.05) is 0 Å². The molecule has 2 amide bonds. The lowest BCUT2D eigenvalue weighted by molar-refractivity contribution is 0.101. The summed E-state index contributed by atoms with van der Waals surface area (Å²) in [4.78, 5) is 25.3. The van der Waals surface area contributed by atoms with Gasteiger partial charge in [0.15, 0.2) is 0 Å². The first-order valence-corrected chi connectivity index (χ1v) is 12.9. The van der Waals surface area contributed by atoms with Crippen LogP contribution in [0.3, 0.4) is 0 Å². The van der Waals surface area contributed by atoms with Crippen LogP contribution in [-0.4, -0.2) is 31.4 Å². The minimum Gasteiger partial charge on any atom is -0.356 e. The van der Waals surface area contributed by atoms with E-state index in [0.29, 0.717) is 22.5 Å². The Morgan fingerprint density at radius 3 is 1.20 bits per heavy atom. The summed E-state index contributed by atoms with van der Waals surface area (Å²) in [5.74, 6) is -0.381. The summed E-state index contributed by atoms with van der Waals surface area (Å²) in [5.41, 5.74) is 5.98. The zero-order valence-corrected chi connectivity index (χ0v) is 21.8. The van der Waals surface area contributed by atoms with E-state index in [4.69, 9.17) is 0 Å². The third kappa shape index (κ3) is 6.04. The molecule has 0 radical (unpaired) electrons. The van der Waals surface area contributed by atoms with Crippen LogP contribution in [0.15, 0.2) is 134 Å². The van der Waals surface area contributed by atoms with E-state index < -0.39 is 0 Å². The molecule has 0 saturated heterocycles. The average Bonchev–Trinajstić information content (AvgIpc) is 3.75. The van der Waals surface area contributed by atoms with Crippen molar-refractivity contribution in [2.75, 3.05) is 16.0 Å². The van der Waals surface area contributed by atoms with Gasteiger partial charge in [0, 0.05) is 58.7 Å². The van der Waals surface area contributed by atoms with Gasteiger partial charge in [-0.3, -0.25) is 9.59 Å². The second-order valence-electron chi connectivity index (χ2n) is 9.18. The van der Waals surface area contributed by atoms with Crippen molar-refractivity contribution in [2.24, 2.45) is 0 Å². The lowest BCUT2D eigenvalue weighted by atomic mass is 10.2. The minimum absolute atomic E-state index is 0.191. The van der Waals surface area contributed by atoms with Crippen LogP contribution in [-0.2, 0) is 0 Å². The van der Waals surface area contributed by atoms with E-state index in [9.17, 15) is 9.59 Å². The van der Waals surface area contributed by atoms with E-state index in [1.807, 2.05) is 97.3 Å². The Hall–Kier alpha value is -5.96. The van der Waals surface area contributed by atoms with Gasteiger partial charge in [-0.2, -0.15) is 10.2 Å². The molecule has 0 aliphatic rings. The fraction of sp³-hybridized carbons (Fsp3) is 0. The van der Waals surface area contributed by atoms with Gasteiger partial charge >= 0.3 is 0 Å². The lowest BCUT2D eigenvalue weighted by Crippen LogP contribution is -2.12. The van der Waals surface area contributed by atoms with Crippen LogP contribution < -0.4 is 16.0 Å². The number of anilines is 4. The zero-order valence-electron chi connectivity index (χ0n) is 21.8. The van der Waals surface area contributed by atoms with Gasteiger partial charge in [-0.15, -0.1) is 0 Å². The third-order valence-electron chi connectivity index (χ3n) is 6.37. The monoisotopic (exact) mass is 539 g/mol. The van der Waals surface area contributed by atoms with Gasteiger partial charge in [0.1, 0.15) is 0 Å². The van der Waals surface area contributed by atoms with E-state index in [-0.39, 0.29) is 11.8 Å². The molecular weight excluding hydrogens is 514 g/mol. The number of carbonyl (C=O) groups is 2. The molecule has 41 heavy (non-hydrogen) atoms. The van der Waals surface area contributed by atoms with Gasteiger partial charge in [-0.05, 0) is 109 Å². The predicted octanol–water partition coefficient (Wildman–Crippen LogP) is 6.31. The molecule has 3 N–H and O–H groups in total. The van der Waals surface area contributed by atoms with Gasteiger partial charge in [0.2, 0.25) is 0 Å². The summed E-state index contributed by atoms with van der Waals surface area (Å²) in [6, 6.07) is 33.1. The number of hydrogen-bond donors (Lipinski definition) is 3. The van der Waals surface area contributed by atoms with Crippen molar-refractivity contribution in [1.82, 2.24) is 19.6 Å². The molecule has 0 unspecified atom stereocenters. The van der Waals surface area contributed by atoms with Crippen LogP contribution in [0.1, 0.15) is 20.7 Å². The first-order valence-electron chi connectivity index (χ1n) is 12.9. The predicted molar refractivity (Wildman–Crippen MR) is 159 cm³/mol. The van der Waals surface area contributed by atoms with Crippen LogP contribution in [0, 0.1) is 0 Å². The first kappa shape index (κ1) is 25.3. The standard InChI is InChI=1S/C32H25N7O2/c40-31(23-3-15-29(16-4-23)38-21-1-19-33-38)36-27-11-7-25(8-12-27)35-26-9-13-28(14-10-26)37-32(41)24-5-17-30(18-6-24)39-22-2-20-34-39/h1-22,35H,(H,36,40)(H,37,41). The zero-order chi connectivity index (χ0) is 28.0. The molecule has 6 aromatic rings. The van der Waals surface area contributed by atoms with Gasteiger partial charge < -0.3 is 16.0 Å². The Bertz CT molecular complexity index is 1610. The highest BCUT2D eigenvalue weighted by Gasteiger charge is 2.09. The number of aromatic nitrogens is 4. The number of carbonyl (C=O) groups excluding carboxylic acids is 2. The van der Waals surface area contributed by atoms with Crippen molar-refractivity contribution in [3.63, 3.8) is 0 Å². The second kappa shape index (κ2) is 11.4. The summed E-state index contributed by atoms with van der Waals surface area (Å²) >= 11 is 0. The lowest BCUT2D eigenvalue weighted by Gasteiger charge is -2.11. The largest absolute Gasteiger partial charge is 0.356 e. The van der Waals surface area contributed by atoms with Gasteiger partial charge in [0.25, 0.3) is 11.8 Å². The fourth-order valence-corrected chi connectivity index (χ4v) is 4.22. The van der Waals surface area contributed by atoms with Crippen LogP contribution >= 0.6 is 0 Å². The van der Waals surface area contributed by atoms with E-state index in [1.165, 1.54) is 0 Å². The maximum absolute atomic E-state index is 12.7. The first-order chi connectivity index (χ1) is 20.1. The Labute approximate surface area is 236 Å². The molecule has 0 bridgehead atoms. The SMILES string of the molecule is O=C(Nc1ccc(Nc2ccc(NC(=O)c3ccc(-n4cccn4)cc3)cc2)cc1)c1ccc(-n2cccn2)cc1. The second-order valence-corrected chi connectivity index (χ2v) is 9.18. The number of rotatable bonds is 8. The fourth-order valence-electron chi connectivity index (χ4n) is 4.22. The van der Waals surface area contributed by atoms with Crippen molar-refractivity contribution in [1.29, 1.82) is 0 Å². The molecule has 9 heteroatoms. The quantitative estimate of drug-likeness (QED) is 0.210. The Morgan fingerprint density at radius 2 is 0.854 bits per heavy atom. The van der Waals surface area contributed by atoms with E-state index >= 15 is 0 Å². The number of nitrogens with zero attached hydrogens (tertiary/aromatic N) is 4. The van der Waals surface area contributed by atoms with Crippen LogP contribution in [0.4, 0.5) is 22.7 Å². The van der Waals surface area contributed by atoms with Gasteiger partial charge in [-0.25, -0.2) is 9.36 Å². The molecule has 0 saturated carbocycles. The minimum atomic E-state index is -0.191. The normalized spacial score (nSPS) is 10.6. The number of nitrogens with one attached hydrogen (secondary N) is 3. The van der Waals surface area contributed by atoms with Crippen molar-refractivity contribution in [3.05, 3.63) is 145 Å². The summed E-state index contributed by atoms with van der Waals surface area (Å²) in [7, 11) is 0. The van der Waals surface area contributed by atoms with E-state index in [2.05, 4.69) is 26.1 Å². The van der Waals surface area contributed by atoms with Crippen molar-refractivity contribution in [3.8, 4) is 11.4 Å². The molecule has 2 heterocycles. The smallest absolute Gasteiger partial charge is 0.255 e. The van der Waals surface area contributed by atoms with Crippen molar-refractivity contribution < 1.29 is 9.59 Å². The van der Waals surface area contributed by atoms with Gasteiger partial charge in [0.05, 0.1) is 11.4 Å².